The highest BCUT2D eigenvalue weighted by molar-refractivity contribution is 5.96. The van der Waals surface area contributed by atoms with Gasteiger partial charge in [0.25, 0.3) is 5.69 Å². The SMILES string of the molecule is Cc1ccc([C@@](O)(CCNc2ccc([N+](=O)[O-])c3cccnc23)C(F)(F)F)o1. The first-order chi connectivity index (χ1) is 13.1. The van der Waals surface area contributed by atoms with E-state index < -0.39 is 28.9 Å². The summed E-state index contributed by atoms with van der Waals surface area (Å²) in [5.74, 6) is -0.345. The van der Waals surface area contributed by atoms with E-state index in [0.717, 1.165) is 6.07 Å². The smallest absolute Gasteiger partial charge is 0.424 e. The largest absolute Gasteiger partial charge is 0.463 e. The van der Waals surface area contributed by atoms with E-state index in [-0.39, 0.29) is 28.9 Å². The molecule has 148 valence electrons. The van der Waals surface area contributed by atoms with Crippen molar-refractivity contribution in [3.63, 3.8) is 0 Å². The number of anilines is 1. The quantitative estimate of drug-likeness (QED) is 0.477. The fraction of sp³-hybridized carbons (Fsp3) is 0.278. The fourth-order valence-corrected chi connectivity index (χ4v) is 2.90. The normalized spacial score (nSPS) is 14.0. The molecule has 2 aromatic heterocycles. The zero-order chi connectivity index (χ0) is 20.5. The van der Waals surface area contributed by atoms with E-state index in [1.165, 1.54) is 43.5 Å². The Morgan fingerprint density at radius 3 is 2.61 bits per heavy atom. The van der Waals surface area contributed by atoms with Gasteiger partial charge in [0.15, 0.2) is 0 Å². The van der Waals surface area contributed by atoms with Crippen LogP contribution >= 0.6 is 0 Å². The van der Waals surface area contributed by atoms with Crippen molar-refractivity contribution >= 4 is 22.3 Å². The van der Waals surface area contributed by atoms with Gasteiger partial charge < -0.3 is 14.8 Å². The number of fused-ring (bicyclic) bond motifs is 1. The predicted molar refractivity (Wildman–Crippen MR) is 94.9 cm³/mol. The molecule has 0 bridgehead atoms. The number of benzene rings is 1. The predicted octanol–water partition coefficient (Wildman–Crippen LogP) is 4.30. The van der Waals surface area contributed by atoms with Crippen LogP contribution < -0.4 is 5.32 Å². The summed E-state index contributed by atoms with van der Waals surface area (Å²) in [6.45, 7) is 1.20. The Balaban J connectivity index is 1.86. The minimum atomic E-state index is -4.95. The molecule has 3 aromatic rings. The van der Waals surface area contributed by atoms with Crippen LogP contribution in [0.3, 0.4) is 0 Å². The summed E-state index contributed by atoms with van der Waals surface area (Å²) in [7, 11) is 0. The van der Waals surface area contributed by atoms with Crippen molar-refractivity contribution in [1.29, 1.82) is 0 Å². The zero-order valence-corrected chi connectivity index (χ0v) is 14.7. The minimum Gasteiger partial charge on any atom is -0.463 e. The summed E-state index contributed by atoms with van der Waals surface area (Å²) >= 11 is 0. The fourth-order valence-electron chi connectivity index (χ4n) is 2.90. The Hall–Kier alpha value is -3.14. The number of nitrogens with one attached hydrogen (secondary N) is 1. The number of aliphatic hydroxyl groups is 1. The monoisotopic (exact) mass is 395 g/mol. The minimum absolute atomic E-state index is 0.161. The molecule has 0 saturated heterocycles. The molecule has 28 heavy (non-hydrogen) atoms. The Bertz CT molecular complexity index is 1020. The highest BCUT2D eigenvalue weighted by Crippen LogP contribution is 2.42. The van der Waals surface area contributed by atoms with E-state index in [9.17, 15) is 28.4 Å². The van der Waals surface area contributed by atoms with Crippen molar-refractivity contribution in [2.75, 3.05) is 11.9 Å². The molecule has 2 N–H and O–H groups in total. The molecule has 1 aromatic carbocycles. The van der Waals surface area contributed by atoms with Gasteiger partial charge in [-0.15, -0.1) is 0 Å². The number of nitrogens with zero attached hydrogens (tertiary/aromatic N) is 2. The summed E-state index contributed by atoms with van der Waals surface area (Å²) in [5, 5.41) is 24.4. The Morgan fingerprint density at radius 2 is 2.00 bits per heavy atom. The maximum atomic E-state index is 13.5. The van der Waals surface area contributed by atoms with Crippen LogP contribution in [-0.2, 0) is 5.60 Å². The molecule has 3 rings (SSSR count). The summed E-state index contributed by atoms with van der Waals surface area (Å²) in [4.78, 5) is 14.6. The van der Waals surface area contributed by atoms with Gasteiger partial charge in [-0.3, -0.25) is 15.1 Å². The van der Waals surface area contributed by atoms with Gasteiger partial charge in [-0.1, -0.05) is 0 Å². The van der Waals surface area contributed by atoms with Crippen LogP contribution in [0.1, 0.15) is 17.9 Å². The molecular formula is C18H16F3N3O4. The van der Waals surface area contributed by atoms with Gasteiger partial charge in [0.05, 0.1) is 16.0 Å². The molecular weight excluding hydrogens is 379 g/mol. The standard InChI is InChI=1S/C18H16F3N3O4/c1-11-4-7-15(28-11)17(25,18(19,20)21)8-10-22-13-5-6-14(24(26)27)12-3-2-9-23-16(12)13/h2-7,9,22,25H,8,10H2,1H3/t17-/m0/s1. The maximum Gasteiger partial charge on any atom is 0.424 e. The lowest BCUT2D eigenvalue weighted by Crippen LogP contribution is -2.43. The van der Waals surface area contributed by atoms with Crippen LogP contribution in [0, 0.1) is 17.0 Å². The van der Waals surface area contributed by atoms with Gasteiger partial charge in [0.2, 0.25) is 5.60 Å². The Labute approximate surface area is 157 Å². The van der Waals surface area contributed by atoms with E-state index >= 15 is 0 Å². The molecule has 0 radical (unpaired) electrons. The zero-order valence-electron chi connectivity index (χ0n) is 14.7. The van der Waals surface area contributed by atoms with Crippen molar-refractivity contribution in [1.82, 2.24) is 4.98 Å². The van der Waals surface area contributed by atoms with Crippen LogP contribution in [0.15, 0.2) is 47.0 Å². The second-order valence-corrected chi connectivity index (χ2v) is 6.23. The Morgan fingerprint density at radius 1 is 1.25 bits per heavy atom. The molecule has 0 spiro atoms. The van der Waals surface area contributed by atoms with Crippen molar-refractivity contribution in [3.8, 4) is 0 Å². The van der Waals surface area contributed by atoms with Gasteiger partial charge in [0.1, 0.15) is 17.0 Å². The number of rotatable bonds is 6. The van der Waals surface area contributed by atoms with Gasteiger partial charge in [-0.2, -0.15) is 13.2 Å². The Kier molecular flexibility index (Phi) is 4.99. The van der Waals surface area contributed by atoms with Crippen LogP contribution in [-0.4, -0.2) is 27.7 Å². The molecule has 2 heterocycles. The number of aryl methyl sites for hydroxylation is 1. The number of halogens is 3. The number of furan rings is 1. The van der Waals surface area contributed by atoms with Crippen LogP contribution in [0.4, 0.5) is 24.5 Å². The van der Waals surface area contributed by atoms with Crippen molar-refractivity contribution in [3.05, 3.63) is 64.2 Å². The molecule has 0 unspecified atom stereocenters. The second kappa shape index (κ2) is 7.12. The second-order valence-electron chi connectivity index (χ2n) is 6.23. The van der Waals surface area contributed by atoms with E-state index in [2.05, 4.69) is 10.3 Å². The number of aromatic nitrogens is 1. The van der Waals surface area contributed by atoms with Gasteiger partial charge in [-0.25, -0.2) is 0 Å². The molecule has 0 aliphatic rings. The number of pyridine rings is 1. The molecule has 7 nitrogen and oxygen atoms in total. The number of alkyl halides is 3. The summed E-state index contributed by atoms with van der Waals surface area (Å²) in [5.41, 5.74) is -2.76. The number of nitro benzene ring substituents is 1. The third kappa shape index (κ3) is 3.50. The first-order valence-electron chi connectivity index (χ1n) is 8.25. The topological polar surface area (TPSA) is 101 Å². The summed E-state index contributed by atoms with van der Waals surface area (Å²) in [6, 6.07) is 8.08. The first kappa shape index (κ1) is 19.6. The lowest BCUT2D eigenvalue weighted by molar-refractivity contribution is -0.383. The molecule has 0 aliphatic carbocycles. The first-order valence-corrected chi connectivity index (χ1v) is 8.25. The number of hydrogen-bond acceptors (Lipinski definition) is 6. The third-order valence-electron chi connectivity index (χ3n) is 4.36. The molecule has 0 aliphatic heterocycles. The number of hydrogen-bond donors (Lipinski definition) is 2. The highest BCUT2D eigenvalue weighted by Gasteiger charge is 2.56. The van der Waals surface area contributed by atoms with Gasteiger partial charge in [-0.05, 0) is 37.3 Å². The molecule has 0 saturated carbocycles. The maximum absolute atomic E-state index is 13.5. The van der Waals surface area contributed by atoms with Gasteiger partial charge >= 0.3 is 6.18 Å². The molecule has 1 atom stereocenters. The van der Waals surface area contributed by atoms with E-state index in [1.807, 2.05) is 0 Å². The van der Waals surface area contributed by atoms with E-state index in [1.54, 1.807) is 0 Å². The van der Waals surface area contributed by atoms with Crippen molar-refractivity contribution in [2.45, 2.75) is 25.1 Å². The summed E-state index contributed by atoms with van der Waals surface area (Å²) in [6.07, 6.45) is -4.25. The van der Waals surface area contributed by atoms with Gasteiger partial charge in [0, 0.05) is 25.2 Å². The van der Waals surface area contributed by atoms with Crippen LogP contribution in [0.25, 0.3) is 10.9 Å². The molecule has 0 amide bonds. The van der Waals surface area contributed by atoms with Crippen LogP contribution in [0.2, 0.25) is 0 Å². The molecule has 10 heteroatoms. The molecule has 0 fully saturated rings. The average Bonchev–Trinajstić information content (AvgIpc) is 3.07. The lowest BCUT2D eigenvalue weighted by atomic mass is 9.95. The third-order valence-corrected chi connectivity index (χ3v) is 4.36. The van der Waals surface area contributed by atoms with Crippen LogP contribution in [0.5, 0.6) is 0 Å². The number of nitro groups is 1. The summed E-state index contributed by atoms with van der Waals surface area (Å²) < 4.78 is 45.5. The van der Waals surface area contributed by atoms with E-state index in [0.29, 0.717) is 5.69 Å². The average molecular weight is 395 g/mol. The van der Waals surface area contributed by atoms with Crippen molar-refractivity contribution < 1.29 is 27.6 Å². The number of non-ortho nitro benzene ring substituents is 1. The van der Waals surface area contributed by atoms with E-state index in [4.69, 9.17) is 4.42 Å². The highest BCUT2D eigenvalue weighted by atomic mass is 19.4. The van der Waals surface area contributed by atoms with Crippen molar-refractivity contribution in [2.24, 2.45) is 0 Å². The lowest BCUT2D eigenvalue weighted by Gasteiger charge is -2.28.